The fourth-order valence-corrected chi connectivity index (χ4v) is 5.00. The molecule has 0 N–H and O–H groups in total. The maximum absolute atomic E-state index is 12.8. The van der Waals surface area contributed by atoms with Gasteiger partial charge in [0.25, 0.3) is 16.8 Å². The summed E-state index contributed by atoms with van der Waals surface area (Å²) < 4.78 is 10.9. The molecular formula is C23H19Cl2N3O7S. The fourth-order valence-electron chi connectivity index (χ4n) is 3.55. The van der Waals surface area contributed by atoms with Crippen molar-refractivity contribution in [1.82, 2.24) is 9.80 Å². The molecule has 2 saturated heterocycles. The molecule has 2 fully saturated rings. The van der Waals surface area contributed by atoms with E-state index in [1.807, 2.05) is 0 Å². The minimum atomic E-state index is -0.579. The Kier molecular flexibility index (Phi) is 8.14. The molecule has 2 heterocycles. The number of imide groups is 1. The second kappa shape index (κ2) is 11.3. The Morgan fingerprint density at radius 3 is 2.53 bits per heavy atom. The lowest BCUT2D eigenvalue weighted by atomic mass is 10.2. The predicted octanol–water partition coefficient (Wildman–Crippen LogP) is 4.38. The highest BCUT2D eigenvalue weighted by Crippen LogP contribution is 2.38. The normalized spacial score (nSPS) is 17.1. The molecule has 10 nitrogen and oxygen atoms in total. The minimum Gasteiger partial charge on any atom is -0.486 e. The molecule has 3 amide bonds. The highest BCUT2D eigenvalue weighted by atomic mass is 35.5. The number of amides is 3. The van der Waals surface area contributed by atoms with E-state index < -0.39 is 16.1 Å². The van der Waals surface area contributed by atoms with Crippen molar-refractivity contribution in [3.05, 3.63) is 72.6 Å². The number of rotatable bonds is 7. The Morgan fingerprint density at radius 2 is 1.86 bits per heavy atom. The summed E-state index contributed by atoms with van der Waals surface area (Å²) >= 11 is 13.4. The first kappa shape index (κ1) is 26.0. The summed E-state index contributed by atoms with van der Waals surface area (Å²) in [5.74, 6) is -0.728. The maximum Gasteiger partial charge on any atom is 0.294 e. The number of nitro benzene ring substituents is 1. The van der Waals surface area contributed by atoms with Crippen LogP contribution in [0, 0.1) is 10.1 Å². The van der Waals surface area contributed by atoms with E-state index in [0.29, 0.717) is 37.4 Å². The summed E-state index contributed by atoms with van der Waals surface area (Å²) in [6, 6.07) is 9.01. The molecule has 36 heavy (non-hydrogen) atoms. The van der Waals surface area contributed by atoms with E-state index in [1.54, 1.807) is 17.0 Å². The van der Waals surface area contributed by atoms with Crippen LogP contribution >= 0.6 is 35.0 Å². The number of carbonyl (C=O) groups is 3. The zero-order chi connectivity index (χ0) is 25.8. The molecule has 2 aliphatic rings. The molecule has 0 saturated carbocycles. The van der Waals surface area contributed by atoms with E-state index in [4.69, 9.17) is 32.7 Å². The third-order valence-electron chi connectivity index (χ3n) is 5.35. The van der Waals surface area contributed by atoms with Gasteiger partial charge in [-0.15, -0.1) is 0 Å². The summed E-state index contributed by atoms with van der Waals surface area (Å²) in [5.41, 5.74) is 0.947. The molecule has 0 atom stereocenters. The number of non-ortho nitro benzene ring substituents is 1. The quantitative estimate of drug-likeness (QED) is 0.282. The average Bonchev–Trinajstić information content (AvgIpc) is 3.11. The Labute approximate surface area is 219 Å². The van der Waals surface area contributed by atoms with Crippen LogP contribution < -0.4 is 4.74 Å². The SMILES string of the molecule is O=C(CN1C(=O)S/C(=C/c2cc(Cl)c(OCc3cccc([N+](=O)[O-])c3)c(Cl)c2)C1=O)N1CCOCC1. The van der Waals surface area contributed by atoms with Crippen LogP contribution in [0.4, 0.5) is 10.5 Å². The van der Waals surface area contributed by atoms with Gasteiger partial charge in [0.15, 0.2) is 5.75 Å². The number of nitrogens with zero attached hydrogens (tertiary/aromatic N) is 3. The first-order chi connectivity index (χ1) is 17.2. The lowest BCUT2D eigenvalue weighted by Gasteiger charge is -2.28. The van der Waals surface area contributed by atoms with Gasteiger partial charge >= 0.3 is 0 Å². The number of benzene rings is 2. The molecular weight excluding hydrogens is 533 g/mol. The number of morpholine rings is 1. The number of hydrogen-bond donors (Lipinski definition) is 0. The Hall–Kier alpha value is -3.12. The minimum absolute atomic E-state index is 0.00345. The fraction of sp³-hybridized carbons (Fsp3) is 0.261. The Morgan fingerprint density at radius 1 is 1.17 bits per heavy atom. The van der Waals surface area contributed by atoms with Gasteiger partial charge in [0, 0.05) is 25.2 Å². The van der Waals surface area contributed by atoms with Crippen molar-refractivity contribution in [2.24, 2.45) is 0 Å². The van der Waals surface area contributed by atoms with Gasteiger partial charge in [0.05, 0.1) is 33.1 Å². The summed E-state index contributed by atoms with van der Waals surface area (Å²) in [6.07, 6.45) is 1.46. The smallest absolute Gasteiger partial charge is 0.294 e. The molecule has 0 unspecified atom stereocenters. The standard InChI is InChI=1S/C23H19Cl2N3O7S/c24-17-9-15(10-18(25)21(17)35-13-14-2-1-3-16(8-14)28(32)33)11-19-22(30)27(23(31)36-19)12-20(29)26-4-6-34-7-5-26/h1-3,8-11H,4-7,12-13H2/b19-11+. The second-order valence-electron chi connectivity index (χ2n) is 7.79. The third kappa shape index (κ3) is 5.98. The summed E-state index contributed by atoms with van der Waals surface area (Å²) in [7, 11) is 0. The zero-order valence-electron chi connectivity index (χ0n) is 18.6. The van der Waals surface area contributed by atoms with Crippen LogP contribution in [0.2, 0.25) is 10.0 Å². The predicted molar refractivity (Wildman–Crippen MR) is 134 cm³/mol. The molecule has 2 aromatic carbocycles. The molecule has 0 radical (unpaired) electrons. The van der Waals surface area contributed by atoms with E-state index in [0.717, 1.165) is 16.7 Å². The van der Waals surface area contributed by atoms with Gasteiger partial charge in [0.2, 0.25) is 5.91 Å². The summed E-state index contributed by atoms with van der Waals surface area (Å²) in [4.78, 5) is 50.7. The molecule has 0 aromatic heterocycles. The summed E-state index contributed by atoms with van der Waals surface area (Å²) in [6.45, 7) is 1.32. The number of nitro groups is 1. The number of thioether (sulfide) groups is 1. The first-order valence-electron chi connectivity index (χ1n) is 10.7. The molecule has 13 heteroatoms. The number of ether oxygens (including phenoxy) is 2. The molecule has 2 aliphatic heterocycles. The van der Waals surface area contributed by atoms with Crippen molar-refractivity contribution >= 4 is 63.8 Å². The van der Waals surface area contributed by atoms with Crippen LogP contribution in [-0.2, 0) is 20.9 Å². The van der Waals surface area contributed by atoms with Gasteiger partial charge in [-0.05, 0) is 41.1 Å². The lowest BCUT2D eigenvalue weighted by Crippen LogP contribution is -2.46. The monoisotopic (exact) mass is 551 g/mol. The van der Waals surface area contributed by atoms with Crippen molar-refractivity contribution in [3.63, 3.8) is 0 Å². The van der Waals surface area contributed by atoms with E-state index in [-0.39, 0.29) is 45.4 Å². The van der Waals surface area contributed by atoms with Crippen LogP contribution in [0.25, 0.3) is 6.08 Å². The average molecular weight is 552 g/mol. The van der Waals surface area contributed by atoms with Crippen molar-refractivity contribution in [2.45, 2.75) is 6.61 Å². The van der Waals surface area contributed by atoms with Crippen molar-refractivity contribution in [2.75, 3.05) is 32.8 Å². The molecule has 4 rings (SSSR count). The lowest BCUT2D eigenvalue weighted by molar-refractivity contribution is -0.384. The van der Waals surface area contributed by atoms with Crippen molar-refractivity contribution < 1.29 is 28.8 Å². The van der Waals surface area contributed by atoms with E-state index in [2.05, 4.69) is 0 Å². The van der Waals surface area contributed by atoms with Crippen LogP contribution in [-0.4, -0.2) is 64.6 Å². The highest BCUT2D eigenvalue weighted by molar-refractivity contribution is 8.18. The van der Waals surface area contributed by atoms with Gasteiger partial charge in [-0.2, -0.15) is 0 Å². The molecule has 0 spiro atoms. The highest BCUT2D eigenvalue weighted by Gasteiger charge is 2.37. The van der Waals surface area contributed by atoms with Crippen molar-refractivity contribution in [3.8, 4) is 5.75 Å². The summed E-state index contributed by atoms with van der Waals surface area (Å²) in [5, 5.41) is 10.7. The van der Waals surface area contributed by atoms with Crippen LogP contribution in [0.5, 0.6) is 5.75 Å². The van der Waals surface area contributed by atoms with E-state index in [1.165, 1.54) is 30.3 Å². The molecule has 2 aromatic rings. The number of halogens is 2. The van der Waals surface area contributed by atoms with Gasteiger partial charge in [-0.3, -0.25) is 29.4 Å². The van der Waals surface area contributed by atoms with Crippen LogP contribution in [0.3, 0.4) is 0 Å². The second-order valence-corrected chi connectivity index (χ2v) is 9.60. The van der Waals surface area contributed by atoms with E-state index >= 15 is 0 Å². The maximum atomic E-state index is 12.8. The first-order valence-corrected chi connectivity index (χ1v) is 12.3. The van der Waals surface area contributed by atoms with Gasteiger partial charge in [0.1, 0.15) is 13.2 Å². The Bertz CT molecular complexity index is 1240. The van der Waals surface area contributed by atoms with Crippen LogP contribution in [0.1, 0.15) is 11.1 Å². The van der Waals surface area contributed by atoms with Gasteiger partial charge < -0.3 is 14.4 Å². The number of carbonyl (C=O) groups excluding carboxylic acids is 3. The van der Waals surface area contributed by atoms with Gasteiger partial charge in [-0.1, -0.05) is 35.3 Å². The molecule has 188 valence electrons. The largest absolute Gasteiger partial charge is 0.486 e. The van der Waals surface area contributed by atoms with E-state index in [9.17, 15) is 24.5 Å². The topological polar surface area (TPSA) is 119 Å². The molecule has 0 bridgehead atoms. The Balaban J connectivity index is 1.45. The van der Waals surface area contributed by atoms with Crippen LogP contribution in [0.15, 0.2) is 41.3 Å². The van der Waals surface area contributed by atoms with Crippen molar-refractivity contribution in [1.29, 1.82) is 0 Å². The molecule has 0 aliphatic carbocycles. The third-order valence-corrected chi connectivity index (χ3v) is 6.82. The van der Waals surface area contributed by atoms with Gasteiger partial charge in [-0.25, -0.2) is 0 Å². The number of hydrogen-bond acceptors (Lipinski definition) is 8. The zero-order valence-corrected chi connectivity index (χ0v) is 21.0.